The van der Waals surface area contributed by atoms with Gasteiger partial charge < -0.3 is 0 Å². The molecule has 2 rings (SSSR count). The van der Waals surface area contributed by atoms with Crippen molar-refractivity contribution in [1.82, 2.24) is 5.43 Å². The topological polar surface area (TPSA) is 38.0 Å². The highest BCUT2D eigenvalue weighted by Crippen LogP contribution is 2.31. The summed E-state index contributed by atoms with van der Waals surface area (Å²) in [6, 6.07) is 10.2. The molecule has 0 fully saturated rings. The van der Waals surface area contributed by atoms with E-state index in [-0.39, 0.29) is 4.47 Å². The monoisotopic (exact) mass is 354 g/mol. The molecule has 0 saturated heterocycles. The third kappa shape index (κ3) is 3.48. The molecule has 2 aromatic rings. The number of halogens is 3. The van der Waals surface area contributed by atoms with Gasteiger partial charge in [0.25, 0.3) is 0 Å². The minimum Gasteiger partial charge on any atom is -0.271 e. The molecule has 1 atom stereocenters. The smallest absolute Gasteiger partial charge is 0.173 e. The van der Waals surface area contributed by atoms with E-state index in [1.54, 1.807) is 0 Å². The van der Waals surface area contributed by atoms with E-state index >= 15 is 0 Å². The first-order valence-corrected chi connectivity index (χ1v) is 7.56. The van der Waals surface area contributed by atoms with Gasteiger partial charge in [-0.25, -0.2) is 14.2 Å². The standard InChI is InChI=1S/C16H17BrF2N2/c1-2-4-10-5-3-6-11(9-10)16(21-20)12-7-8-13(18)15(19)14(12)17/h3,5-9,16,21H,2,4,20H2,1H3. The number of aryl methyl sites for hydroxylation is 1. The van der Waals surface area contributed by atoms with Crippen molar-refractivity contribution < 1.29 is 8.78 Å². The number of hydrogen-bond donors (Lipinski definition) is 2. The highest BCUT2D eigenvalue weighted by molar-refractivity contribution is 9.10. The van der Waals surface area contributed by atoms with Crippen LogP contribution in [-0.4, -0.2) is 0 Å². The lowest BCUT2D eigenvalue weighted by Crippen LogP contribution is -2.29. The van der Waals surface area contributed by atoms with Crippen molar-refractivity contribution in [1.29, 1.82) is 0 Å². The average Bonchev–Trinajstić information content (AvgIpc) is 2.49. The summed E-state index contributed by atoms with van der Waals surface area (Å²) in [5.41, 5.74) is 5.33. The second-order valence-corrected chi connectivity index (χ2v) is 5.65. The van der Waals surface area contributed by atoms with Crippen LogP contribution in [0.5, 0.6) is 0 Å². The van der Waals surface area contributed by atoms with Crippen LogP contribution in [0.15, 0.2) is 40.9 Å². The van der Waals surface area contributed by atoms with Crippen molar-refractivity contribution >= 4 is 15.9 Å². The molecule has 112 valence electrons. The van der Waals surface area contributed by atoms with Crippen LogP contribution in [0, 0.1) is 11.6 Å². The predicted molar refractivity (Wildman–Crippen MR) is 83.7 cm³/mol. The summed E-state index contributed by atoms with van der Waals surface area (Å²) in [7, 11) is 0. The molecule has 0 radical (unpaired) electrons. The minimum absolute atomic E-state index is 0.0892. The van der Waals surface area contributed by atoms with Crippen molar-refractivity contribution in [3.63, 3.8) is 0 Å². The Balaban J connectivity index is 2.44. The number of hydrogen-bond acceptors (Lipinski definition) is 2. The molecular weight excluding hydrogens is 338 g/mol. The van der Waals surface area contributed by atoms with E-state index in [1.165, 1.54) is 11.6 Å². The lowest BCUT2D eigenvalue weighted by molar-refractivity contribution is 0.498. The van der Waals surface area contributed by atoms with E-state index < -0.39 is 17.7 Å². The molecule has 0 saturated carbocycles. The van der Waals surface area contributed by atoms with Crippen LogP contribution in [0.1, 0.15) is 36.1 Å². The SMILES string of the molecule is CCCc1cccc(C(NN)c2ccc(F)c(F)c2Br)c1. The average molecular weight is 355 g/mol. The number of nitrogens with two attached hydrogens (primary N) is 1. The first-order chi connectivity index (χ1) is 10.1. The molecule has 0 amide bonds. The van der Waals surface area contributed by atoms with Gasteiger partial charge in [0.2, 0.25) is 0 Å². The van der Waals surface area contributed by atoms with E-state index in [9.17, 15) is 8.78 Å². The first kappa shape index (κ1) is 16.1. The molecule has 3 N–H and O–H groups in total. The van der Waals surface area contributed by atoms with E-state index in [0.717, 1.165) is 24.5 Å². The number of nitrogens with one attached hydrogen (secondary N) is 1. The van der Waals surface area contributed by atoms with Gasteiger partial charge >= 0.3 is 0 Å². The third-order valence-electron chi connectivity index (χ3n) is 3.37. The Kier molecular flexibility index (Phi) is 5.45. The van der Waals surface area contributed by atoms with Gasteiger partial charge in [0, 0.05) is 0 Å². The Labute approximate surface area is 131 Å². The predicted octanol–water partition coefficient (Wildman–Crippen LogP) is 4.23. The van der Waals surface area contributed by atoms with Gasteiger partial charge in [0.05, 0.1) is 10.5 Å². The van der Waals surface area contributed by atoms with E-state index in [4.69, 9.17) is 5.84 Å². The third-order valence-corrected chi connectivity index (χ3v) is 4.17. The summed E-state index contributed by atoms with van der Waals surface area (Å²) in [4.78, 5) is 0. The molecule has 0 aliphatic heterocycles. The molecule has 5 heteroatoms. The summed E-state index contributed by atoms with van der Waals surface area (Å²) in [5, 5.41) is 0. The maximum Gasteiger partial charge on any atom is 0.173 e. The highest BCUT2D eigenvalue weighted by Gasteiger charge is 2.20. The molecule has 21 heavy (non-hydrogen) atoms. The molecular formula is C16H17BrF2N2. The normalized spacial score (nSPS) is 12.4. The van der Waals surface area contributed by atoms with Gasteiger partial charge in [-0.05, 0) is 45.1 Å². The van der Waals surface area contributed by atoms with Crippen LogP contribution in [0.25, 0.3) is 0 Å². The summed E-state index contributed by atoms with van der Waals surface area (Å²) in [6.07, 6.45) is 2.00. The van der Waals surface area contributed by atoms with Crippen LogP contribution in [0.4, 0.5) is 8.78 Å². The fourth-order valence-electron chi connectivity index (χ4n) is 2.35. The second kappa shape index (κ2) is 7.11. The maximum absolute atomic E-state index is 13.7. The van der Waals surface area contributed by atoms with Crippen LogP contribution in [0.3, 0.4) is 0 Å². The Bertz CT molecular complexity index is 632. The number of hydrazine groups is 1. The van der Waals surface area contributed by atoms with Crippen LogP contribution >= 0.6 is 15.9 Å². The molecule has 0 heterocycles. The summed E-state index contributed by atoms with van der Waals surface area (Å²) in [5.74, 6) is 3.84. The van der Waals surface area contributed by atoms with Crippen molar-refractivity contribution in [2.75, 3.05) is 0 Å². The van der Waals surface area contributed by atoms with Gasteiger partial charge in [-0.15, -0.1) is 0 Å². The molecule has 0 aromatic heterocycles. The zero-order chi connectivity index (χ0) is 15.4. The second-order valence-electron chi connectivity index (χ2n) is 4.86. The zero-order valence-corrected chi connectivity index (χ0v) is 13.3. The number of rotatable bonds is 5. The maximum atomic E-state index is 13.7. The largest absolute Gasteiger partial charge is 0.271 e. The summed E-state index contributed by atoms with van der Waals surface area (Å²) in [6.45, 7) is 2.11. The first-order valence-electron chi connectivity index (χ1n) is 6.76. The lowest BCUT2D eigenvalue weighted by atomic mass is 9.96. The van der Waals surface area contributed by atoms with Crippen LogP contribution < -0.4 is 11.3 Å². The molecule has 2 aromatic carbocycles. The Morgan fingerprint density at radius 1 is 1.24 bits per heavy atom. The van der Waals surface area contributed by atoms with Crippen LogP contribution in [-0.2, 0) is 6.42 Å². The van der Waals surface area contributed by atoms with Gasteiger partial charge in [0.1, 0.15) is 0 Å². The Hall–Kier alpha value is -1.30. The highest BCUT2D eigenvalue weighted by atomic mass is 79.9. The minimum atomic E-state index is -0.905. The van der Waals surface area contributed by atoms with E-state index in [0.29, 0.717) is 5.56 Å². The fraction of sp³-hybridized carbons (Fsp3) is 0.250. The quantitative estimate of drug-likeness (QED) is 0.479. The van der Waals surface area contributed by atoms with E-state index in [2.05, 4.69) is 28.3 Å². The van der Waals surface area contributed by atoms with Gasteiger partial charge in [0.15, 0.2) is 11.6 Å². The number of benzene rings is 2. The molecule has 0 spiro atoms. The Morgan fingerprint density at radius 2 is 2.00 bits per heavy atom. The molecule has 1 unspecified atom stereocenters. The van der Waals surface area contributed by atoms with Crippen molar-refractivity contribution in [3.8, 4) is 0 Å². The van der Waals surface area contributed by atoms with Crippen LogP contribution in [0.2, 0.25) is 0 Å². The lowest BCUT2D eigenvalue weighted by Gasteiger charge is -2.19. The van der Waals surface area contributed by atoms with Crippen molar-refractivity contribution in [2.24, 2.45) is 5.84 Å². The molecule has 0 aliphatic carbocycles. The van der Waals surface area contributed by atoms with Gasteiger partial charge in [-0.2, -0.15) is 0 Å². The van der Waals surface area contributed by atoms with Crippen molar-refractivity contribution in [2.45, 2.75) is 25.8 Å². The molecule has 0 aliphatic rings. The van der Waals surface area contributed by atoms with Crippen molar-refractivity contribution in [3.05, 3.63) is 69.2 Å². The Morgan fingerprint density at radius 3 is 2.67 bits per heavy atom. The summed E-state index contributed by atoms with van der Waals surface area (Å²) >= 11 is 3.11. The van der Waals surface area contributed by atoms with E-state index in [1.807, 2.05) is 24.3 Å². The fourth-order valence-corrected chi connectivity index (χ4v) is 2.90. The van der Waals surface area contributed by atoms with Gasteiger partial charge in [-0.3, -0.25) is 5.84 Å². The summed E-state index contributed by atoms with van der Waals surface area (Å²) < 4.78 is 27.0. The molecule has 0 bridgehead atoms. The molecule has 2 nitrogen and oxygen atoms in total. The zero-order valence-electron chi connectivity index (χ0n) is 11.7. The van der Waals surface area contributed by atoms with Gasteiger partial charge in [-0.1, -0.05) is 43.7 Å².